The zero-order chi connectivity index (χ0) is 31.0. The number of aromatic hydroxyl groups is 1. The molecule has 1 N–H and O–H groups in total. The van der Waals surface area contributed by atoms with Gasteiger partial charge in [0.25, 0.3) is 8.32 Å². The maximum atomic E-state index is 13.3. The first-order valence-corrected chi connectivity index (χ1v) is 18.7. The molecule has 3 aromatic rings. The van der Waals surface area contributed by atoms with Crippen molar-refractivity contribution in [2.24, 2.45) is 0 Å². The van der Waals surface area contributed by atoms with Crippen LogP contribution in [0.15, 0.2) is 89.5 Å². The van der Waals surface area contributed by atoms with Gasteiger partial charge in [-0.1, -0.05) is 93.1 Å². The van der Waals surface area contributed by atoms with E-state index in [0.717, 1.165) is 34.3 Å². The predicted octanol–water partition coefficient (Wildman–Crippen LogP) is 6.26. The normalized spacial score (nSPS) is 20.5. The maximum Gasteiger partial charge on any atom is 0.261 e. The number of phenols is 1. The summed E-state index contributed by atoms with van der Waals surface area (Å²) in [5.74, 6) is 0.369. The van der Waals surface area contributed by atoms with Crippen molar-refractivity contribution in [3.8, 4) is 5.75 Å². The lowest BCUT2D eigenvalue weighted by Crippen LogP contribution is -2.66. The highest BCUT2D eigenvalue weighted by atomic mass is 32.2. The second-order valence-corrected chi connectivity index (χ2v) is 19.7. The van der Waals surface area contributed by atoms with Crippen LogP contribution >= 0.6 is 0 Å². The standard InChI is InChI=1S/C36H44O5SSi/c1-25(19-28-20-26(2)35(37)27(3)21-28)17-18-32-34-29(24-42(38,39)33(34)23-40-32)22-41-43(36(4,5)6,30-13-9-7-10-14-30)31-15-11-8-12-16-31/h7-16,19-21,32-33,37H,17-18,22-24H2,1-6H3/b25-19+/t32-,33+/m1/s1. The summed E-state index contributed by atoms with van der Waals surface area (Å²) >= 11 is 0. The van der Waals surface area contributed by atoms with E-state index in [1.807, 2.05) is 38.1 Å². The van der Waals surface area contributed by atoms with Gasteiger partial charge < -0.3 is 14.3 Å². The second kappa shape index (κ2) is 12.2. The quantitative estimate of drug-likeness (QED) is 0.227. The molecule has 0 amide bonds. The molecule has 2 atom stereocenters. The van der Waals surface area contributed by atoms with E-state index in [9.17, 15) is 13.5 Å². The van der Waals surface area contributed by atoms with Crippen LogP contribution in [0.5, 0.6) is 5.75 Å². The monoisotopic (exact) mass is 616 g/mol. The highest BCUT2D eigenvalue weighted by Crippen LogP contribution is 2.41. The van der Waals surface area contributed by atoms with Crippen LogP contribution in [-0.4, -0.2) is 52.2 Å². The van der Waals surface area contributed by atoms with Crippen molar-refractivity contribution >= 4 is 34.6 Å². The second-order valence-electron chi connectivity index (χ2n) is 13.2. The Morgan fingerprint density at radius 1 is 1.00 bits per heavy atom. The van der Waals surface area contributed by atoms with Gasteiger partial charge in [0, 0.05) is 0 Å². The zero-order valence-corrected chi connectivity index (χ0v) is 28.0. The van der Waals surface area contributed by atoms with E-state index in [1.165, 1.54) is 15.9 Å². The number of hydrogen-bond acceptors (Lipinski definition) is 5. The lowest BCUT2D eigenvalue weighted by atomic mass is 9.97. The summed E-state index contributed by atoms with van der Waals surface area (Å²) < 4.78 is 40.0. The third-order valence-corrected chi connectivity index (χ3v) is 16.0. The molecule has 0 radical (unpaired) electrons. The Labute approximate surface area is 258 Å². The van der Waals surface area contributed by atoms with E-state index >= 15 is 0 Å². The van der Waals surface area contributed by atoms with E-state index in [1.54, 1.807) is 0 Å². The Morgan fingerprint density at radius 2 is 1.56 bits per heavy atom. The number of phenolic OH excluding ortho intramolecular Hbond substituents is 1. The predicted molar refractivity (Wildman–Crippen MR) is 178 cm³/mol. The third kappa shape index (κ3) is 6.18. The first-order valence-electron chi connectivity index (χ1n) is 15.1. The highest BCUT2D eigenvalue weighted by Gasteiger charge is 2.52. The van der Waals surface area contributed by atoms with Crippen LogP contribution in [0.25, 0.3) is 6.08 Å². The summed E-state index contributed by atoms with van der Waals surface area (Å²) in [6, 6.07) is 24.9. The van der Waals surface area contributed by atoms with Gasteiger partial charge in [0.1, 0.15) is 11.0 Å². The molecular formula is C36H44O5SSi. The molecule has 7 heteroatoms. The number of rotatable bonds is 9. The topological polar surface area (TPSA) is 72.8 Å². The van der Waals surface area contributed by atoms with Crippen LogP contribution in [0.2, 0.25) is 5.04 Å². The number of fused-ring (bicyclic) bond motifs is 1. The van der Waals surface area contributed by atoms with Crippen LogP contribution in [0.4, 0.5) is 0 Å². The summed E-state index contributed by atoms with van der Waals surface area (Å²) in [4.78, 5) is 0. The molecule has 0 unspecified atom stereocenters. The Kier molecular flexibility index (Phi) is 8.92. The fraction of sp³-hybridized carbons (Fsp3) is 0.389. The van der Waals surface area contributed by atoms with Crippen LogP contribution < -0.4 is 10.4 Å². The number of aryl methyl sites for hydroxylation is 2. The molecular weight excluding hydrogens is 573 g/mol. The molecule has 43 heavy (non-hydrogen) atoms. The Bertz CT molecular complexity index is 1570. The van der Waals surface area contributed by atoms with Gasteiger partial charge in [0.05, 0.1) is 25.1 Å². The van der Waals surface area contributed by atoms with Crippen LogP contribution in [0, 0.1) is 13.8 Å². The molecule has 3 aromatic carbocycles. The van der Waals surface area contributed by atoms with Gasteiger partial charge in [-0.05, 0) is 89.0 Å². The number of benzene rings is 3. The molecule has 5 rings (SSSR count). The van der Waals surface area contributed by atoms with Gasteiger partial charge >= 0.3 is 0 Å². The van der Waals surface area contributed by atoms with Crippen molar-refractivity contribution in [1.29, 1.82) is 0 Å². The van der Waals surface area contributed by atoms with E-state index in [-0.39, 0.29) is 30.1 Å². The summed E-state index contributed by atoms with van der Waals surface area (Å²) in [5.41, 5.74) is 5.73. The Morgan fingerprint density at radius 3 is 2.09 bits per heavy atom. The molecule has 1 saturated heterocycles. The van der Waals surface area contributed by atoms with Crippen molar-refractivity contribution in [2.45, 2.75) is 70.8 Å². The lowest BCUT2D eigenvalue weighted by molar-refractivity contribution is 0.117. The molecule has 228 valence electrons. The molecule has 5 nitrogen and oxygen atoms in total. The number of hydrogen-bond donors (Lipinski definition) is 1. The average Bonchev–Trinajstić information content (AvgIpc) is 3.50. The fourth-order valence-electron chi connectivity index (χ4n) is 6.88. The van der Waals surface area contributed by atoms with Gasteiger partial charge in [0.2, 0.25) is 0 Å². The largest absolute Gasteiger partial charge is 0.507 e. The van der Waals surface area contributed by atoms with Crippen molar-refractivity contribution in [1.82, 2.24) is 0 Å². The number of ether oxygens (including phenoxy) is 1. The zero-order valence-electron chi connectivity index (χ0n) is 26.2. The molecule has 2 heterocycles. The minimum atomic E-state index is -3.34. The highest BCUT2D eigenvalue weighted by molar-refractivity contribution is 7.92. The Balaban J connectivity index is 1.44. The first kappa shape index (κ1) is 31.5. The van der Waals surface area contributed by atoms with E-state index in [2.05, 4.69) is 82.3 Å². The summed E-state index contributed by atoms with van der Waals surface area (Å²) in [7, 11) is -6.16. The molecule has 0 spiro atoms. The number of allylic oxidation sites excluding steroid dienone is 1. The molecule has 0 bridgehead atoms. The van der Waals surface area contributed by atoms with Crippen molar-refractivity contribution in [3.63, 3.8) is 0 Å². The van der Waals surface area contributed by atoms with Crippen LogP contribution in [0.1, 0.15) is 57.2 Å². The van der Waals surface area contributed by atoms with Crippen LogP contribution in [0.3, 0.4) is 0 Å². The summed E-state index contributed by atoms with van der Waals surface area (Å²) in [6.07, 6.45) is 3.39. The summed E-state index contributed by atoms with van der Waals surface area (Å²) in [5, 5.41) is 11.7. The minimum absolute atomic E-state index is 0.0337. The van der Waals surface area contributed by atoms with Gasteiger partial charge in [-0.3, -0.25) is 0 Å². The molecule has 0 aliphatic carbocycles. The number of sulfone groups is 1. The van der Waals surface area contributed by atoms with E-state index < -0.39 is 23.4 Å². The van der Waals surface area contributed by atoms with Crippen molar-refractivity contribution < 1.29 is 22.7 Å². The lowest BCUT2D eigenvalue weighted by Gasteiger charge is -2.43. The maximum absolute atomic E-state index is 13.3. The SMILES string of the molecule is C/C(=C\c1cc(C)c(O)c(C)c1)CC[C@H]1OC[C@H]2C1=C(CO[Si](c1ccccc1)(c1ccccc1)C(C)(C)C)CS2(=O)=O. The minimum Gasteiger partial charge on any atom is -0.507 e. The molecule has 1 fully saturated rings. The molecule has 2 aliphatic heterocycles. The van der Waals surface area contributed by atoms with Gasteiger partial charge in [-0.15, -0.1) is 0 Å². The van der Waals surface area contributed by atoms with Gasteiger partial charge in [-0.25, -0.2) is 8.42 Å². The van der Waals surface area contributed by atoms with E-state index in [4.69, 9.17) is 9.16 Å². The first-order chi connectivity index (χ1) is 20.3. The van der Waals surface area contributed by atoms with Gasteiger partial charge in [0.15, 0.2) is 9.84 Å². The molecule has 0 aromatic heterocycles. The third-order valence-electron chi connectivity index (χ3n) is 8.97. The smallest absolute Gasteiger partial charge is 0.261 e. The van der Waals surface area contributed by atoms with Crippen LogP contribution in [-0.2, 0) is 19.0 Å². The van der Waals surface area contributed by atoms with E-state index in [0.29, 0.717) is 12.2 Å². The van der Waals surface area contributed by atoms with Gasteiger partial charge in [-0.2, -0.15) is 0 Å². The molecule has 0 saturated carbocycles. The fourth-order valence-corrected chi connectivity index (χ4v) is 13.4. The van der Waals surface area contributed by atoms with Crippen molar-refractivity contribution in [2.75, 3.05) is 19.0 Å². The van der Waals surface area contributed by atoms with Crippen molar-refractivity contribution in [3.05, 3.63) is 106 Å². The average molecular weight is 617 g/mol. The Hall–Kier alpha value is -2.97. The molecule has 2 aliphatic rings. The summed E-state index contributed by atoms with van der Waals surface area (Å²) in [6.45, 7) is 13.1.